The number of nitrogens with zero attached hydrogens (tertiary/aromatic N) is 2. The molecule has 2 heterocycles. The summed E-state index contributed by atoms with van der Waals surface area (Å²) >= 11 is 0. The second-order valence-corrected chi connectivity index (χ2v) is 4.90. The predicted molar refractivity (Wildman–Crippen MR) is 84.5 cm³/mol. The van der Waals surface area contributed by atoms with Crippen molar-refractivity contribution >= 4 is 23.2 Å². The maximum absolute atomic E-state index is 11.9. The molecule has 0 unspecified atom stereocenters. The van der Waals surface area contributed by atoms with Crippen molar-refractivity contribution in [1.82, 2.24) is 10.4 Å². The number of nitrogens with one attached hydrogen (secondary N) is 2. The van der Waals surface area contributed by atoms with Crippen LogP contribution < -0.4 is 15.5 Å². The fourth-order valence-electron chi connectivity index (χ4n) is 2.06. The number of hydrogen-bond acceptors (Lipinski definition) is 5. The molecule has 1 aromatic heterocycles. The molecule has 0 aliphatic carbocycles. The highest BCUT2D eigenvalue weighted by Gasteiger charge is 2.16. The molecule has 0 atom stereocenters. The number of rotatable bonds is 3. The van der Waals surface area contributed by atoms with E-state index < -0.39 is 0 Å². The zero-order chi connectivity index (χ0) is 16.2. The van der Waals surface area contributed by atoms with E-state index in [4.69, 9.17) is 4.74 Å². The summed E-state index contributed by atoms with van der Waals surface area (Å²) in [5, 5.41) is 6.79. The Labute approximate surface area is 132 Å². The van der Waals surface area contributed by atoms with Crippen LogP contribution in [-0.2, 0) is 4.79 Å². The van der Waals surface area contributed by atoms with E-state index in [-0.39, 0.29) is 24.1 Å². The molecular formula is C16H14N4O3. The van der Waals surface area contributed by atoms with Crippen LogP contribution in [0.4, 0.5) is 5.69 Å². The lowest BCUT2D eigenvalue weighted by atomic mass is 10.1. The van der Waals surface area contributed by atoms with Crippen molar-refractivity contribution in [1.29, 1.82) is 0 Å². The van der Waals surface area contributed by atoms with E-state index in [1.807, 2.05) is 6.07 Å². The summed E-state index contributed by atoms with van der Waals surface area (Å²) < 4.78 is 5.30. The lowest BCUT2D eigenvalue weighted by Crippen LogP contribution is -2.25. The van der Waals surface area contributed by atoms with Crippen LogP contribution in [0.5, 0.6) is 5.75 Å². The number of fused-ring (bicyclic) bond motifs is 1. The molecule has 0 saturated carbocycles. The van der Waals surface area contributed by atoms with E-state index >= 15 is 0 Å². The number of anilines is 1. The average Bonchev–Trinajstić information content (AvgIpc) is 2.59. The van der Waals surface area contributed by atoms with Gasteiger partial charge in [0.1, 0.15) is 11.4 Å². The second-order valence-electron chi connectivity index (χ2n) is 4.90. The van der Waals surface area contributed by atoms with Gasteiger partial charge in [0.2, 0.25) is 0 Å². The van der Waals surface area contributed by atoms with Crippen molar-refractivity contribution in [3.05, 3.63) is 53.9 Å². The molecule has 7 nitrogen and oxygen atoms in total. The maximum Gasteiger partial charge on any atom is 0.289 e. The molecule has 0 saturated heterocycles. The van der Waals surface area contributed by atoms with Crippen LogP contribution in [0.2, 0.25) is 0 Å². The summed E-state index contributed by atoms with van der Waals surface area (Å²) in [7, 11) is 0. The molecule has 2 amide bonds. The Morgan fingerprint density at radius 1 is 1.35 bits per heavy atom. The van der Waals surface area contributed by atoms with Crippen LogP contribution in [-0.4, -0.2) is 29.1 Å². The Bertz CT molecular complexity index is 787. The zero-order valence-corrected chi connectivity index (χ0v) is 12.4. The number of ether oxygens (including phenoxy) is 1. The molecule has 3 rings (SSSR count). The van der Waals surface area contributed by atoms with E-state index in [0.29, 0.717) is 17.1 Å². The van der Waals surface area contributed by atoms with Crippen molar-refractivity contribution in [2.45, 2.75) is 6.92 Å². The van der Waals surface area contributed by atoms with Crippen molar-refractivity contribution in [3.8, 4) is 5.75 Å². The van der Waals surface area contributed by atoms with Crippen molar-refractivity contribution < 1.29 is 14.3 Å². The first-order chi connectivity index (χ1) is 11.1. The maximum atomic E-state index is 11.9. The molecule has 2 N–H and O–H groups in total. The van der Waals surface area contributed by atoms with Gasteiger partial charge in [0, 0.05) is 6.20 Å². The number of hydrogen-bond donors (Lipinski definition) is 2. The van der Waals surface area contributed by atoms with Crippen LogP contribution >= 0.6 is 0 Å². The van der Waals surface area contributed by atoms with Crippen molar-refractivity contribution in [3.63, 3.8) is 0 Å². The molecule has 0 fully saturated rings. The Hall–Kier alpha value is -3.22. The van der Waals surface area contributed by atoms with Gasteiger partial charge in [-0.15, -0.1) is 0 Å². The van der Waals surface area contributed by atoms with Gasteiger partial charge in [-0.1, -0.05) is 6.07 Å². The minimum absolute atomic E-state index is 0.0134. The minimum Gasteiger partial charge on any atom is -0.482 e. The molecule has 7 heteroatoms. The number of benzene rings is 1. The third kappa shape index (κ3) is 3.34. The molecule has 0 radical (unpaired) electrons. The Morgan fingerprint density at radius 3 is 3.00 bits per heavy atom. The van der Waals surface area contributed by atoms with E-state index in [0.717, 1.165) is 5.56 Å². The quantitative estimate of drug-likeness (QED) is 0.665. The summed E-state index contributed by atoms with van der Waals surface area (Å²) in [6, 6.07) is 10.4. The first kappa shape index (κ1) is 14.7. The third-order valence-electron chi connectivity index (χ3n) is 3.25. The summed E-state index contributed by atoms with van der Waals surface area (Å²) in [4.78, 5) is 27.2. The first-order valence-electron chi connectivity index (χ1n) is 6.96. The lowest BCUT2D eigenvalue weighted by Gasteiger charge is -2.18. The van der Waals surface area contributed by atoms with Gasteiger partial charge in [0.05, 0.1) is 11.4 Å². The summed E-state index contributed by atoms with van der Waals surface area (Å²) in [5.41, 5.74) is 4.68. The van der Waals surface area contributed by atoms with Crippen molar-refractivity contribution in [2.75, 3.05) is 11.9 Å². The van der Waals surface area contributed by atoms with E-state index in [1.54, 1.807) is 37.3 Å². The van der Waals surface area contributed by atoms with Gasteiger partial charge in [0.25, 0.3) is 11.8 Å². The van der Waals surface area contributed by atoms with Gasteiger partial charge < -0.3 is 10.1 Å². The van der Waals surface area contributed by atoms with Gasteiger partial charge in [-0.05, 0) is 42.8 Å². The minimum atomic E-state index is -0.389. The fraction of sp³-hybridized carbons (Fsp3) is 0.125. The fourth-order valence-corrected chi connectivity index (χ4v) is 2.06. The molecule has 23 heavy (non-hydrogen) atoms. The number of carbonyl (C=O) groups excluding carboxylic acids is 2. The number of amides is 2. The smallest absolute Gasteiger partial charge is 0.289 e. The average molecular weight is 310 g/mol. The van der Waals surface area contributed by atoms with Crippen LogP contribution in [0.15, 0.2) is 47.7 Å². The third-order valence-corrected chi connectivity index (χ3v) is 3.25. The van der Waals surface area contributed by atoms with Gasteiger partial charge in [-0.25, -0.2) is 5.43 Å². The summed E-state index contributed by atoms with van der Waals surface area (Å²) in [6.45, 7) is 1.77. The summed E-state index contributed by atoms with van der Waals surface area (Å²) in [6.07, 6.45) is 1.54. The first-order valence-corrected chi connectivity index (χ1v) is 6.96. The van der Waals surface area contributed by atoms with E-state index in [2.05, 4.69) is 20.8 Å². The molecule has 1 aliphatic rings. The Kier molecular flexibility index (Phi) is 4.01. The van der Waals surface area contributed by atoms with Gasteiger partial charge in [-0.3, -0.25) is 14.6 Å². The monoisotopic (exact) mass is 310 g/mol. The molecule has 1 aromatic carbocycles. The van der Waals surface area contributed by atoms with Crippen molar-refractivity contribution in [2.24, 2.45) is 5.10 Å². The molecule has 0 bridgehead atoms. The Balaban J connectivity index is 1.75. The number of hydrazone groups is 1. The largest absolute Gasteiger partial charge is 0.482 e. The lowest BCUT2D eigenvalue weighted by molar-refractivity contribution is -0.118. The summed E-state index contributed by atoms with van der Waals surface area (Å²) in [5.74, 6) is 0.0194. The zero-order valence-electron chi connectivity index (χ0n) is 12.4. The van der Waals surface area contributed by atoms with E-state index in [9.17, 15) is 9.59 Å². The number of aromatic nitrogens is 1. The van der Waals surface area contributed by atoms with E-state index in [1.165, 1.54) is 6.20 Å². The standard InChI is InChI=1S/C16H14N4O3/c1-10(19-20-16(22)12-4-2-3-7-17-12)11-5-6-14-13(8-11)18-15(21)9-23-14/h2-8H,9H2,1H3,(H,18,21)(H,20,22)/b19-10-. The molecular weight excluding hydrogens is 296 g/mol. The predicted octanol–water partition coefficient (Wildman–Crippen LogP) is 1.57. The Morgan fingerprint density at radius 2 is 2.22 bits per heavy atom. The highest BCUT2D eigenvalue weighted by Crippen LogP contribution is 2.28. The van der Waals surface area contributed by atoms with Crippen LogP contribution in [0.3, 0.4) is 0 Å². The second kappa shape index (κ2) is 6.27. The molecule has 116 valence electrons. The topological polar surface area (TPSA) is 92.7 Å². The SMILES string of the molecule is C/C(=N/NC(=O)c1ccccn1)c1ccc2c(c1)NC(=O)CO2. The number of carbonyl (C=O) groups is 2. The highest BCUT2D eigenvalue weighted by molar-refractivity contribution is 6.03. The normalized spacial score (nSPS) is 13.6. The molecule has 0 spiro atoms. The highest BCUT2D eigenvalue weighted by atomic mass is 16.5. The van der Waals surface area contributed by atoms with Gasteiger partial charge in [0.15, 0.2) is 6.61 Å². The number of pyridine rings is 1. The van der Waals surface area contributed by atoms with Crippen LogP contribution in [0, 0.1) is 0 Å². The van der Waals surface area contributed by atoms with Crippen LogP contribution in [0.25, 0.3) is 0 Å². The molecule has 1 aliphatic heterocycles. The van der Waals surface area contributed by atoms with Gasteiger partial charge >= 0.3 is 0 Å². The van der Waals surface area contributed by atoms with Crippen LogP contribution in [0.1, 0.15) is 23.0 Å². The van der Waals surface area contributed by atoms with Gasteiger partial charge in [-0.2, -0.15) is 5.10 Å². The molecule has 2 aromatic rings.